The van der Waals surface area contributed by atoms with Crippen molar-refractivity contribution in [2.45, 2.75) is 43.3 Å². The van der Waals surface area contributed by atoms with E-state index < -0.39 is 29.0 Å². The highest BCUT2D eigenvalue weighted by atomic mass is 32.2. The van der Waals surface area contributed by atoms with E-state index >= 15 is 4.39 Å². The number of hydrogen-bond acceptors (Lipinski definition) is 7. The minimum absolute atomic E-state index is 0.0279. The molecule has 0 spiro atoms. The van der Waals surface area contributed by atoms with Crippen molar-refractivity contribution in [2.75, 3.05) is 65.4 Å². The predicted octanol–water partition coefficient (Wildman–Crippen LogP) is 6.15. The Bertz CT molecular complexity index is 1360. The van der Waals surface area contributed by atoms with E-state index in [2.05, 4.69) is 14.8 Å². The molecule has 5 rings (SSSR count). The zero-order valence-electron chi connectivity index (χ0n) is 24.5. The van der Waals surface area contributed by atoms with Gasteiger partial charge in [-0.05, 0) is 68.0 Å². The van der Waals surface area contributed by atoms with E-state index in [-0.39, 0.29) is 17.9 Å². The summed E-state index contributed by atoms with van der Waals surface area (Å²) in [5, 5.41) is 11.2. The first kappa shape index (κ1) is 32.0. The second-order valence-electron chi connectivity index (χ2n) is 11.5. The number of fused-ring (bicyclic) bond motifs is 1. The number of aliphatic hydroxyl groups excluding tert-OH is 1. The van der Waals surface area contributed by atoms with Crippen LogP contribution in [0.2, 0.25) is 0 Å². The third kappa shape index (κ3) is 7.81. The van der Waals surface area contributed by atoms with Crippen LogP contribution in [-0.4, -0.2) is 85.3 Å². The van der Waals surface area contributed by atoms with E-state index in [1.54, 1.807) is 13.3 Å². The largest absolute Gasteiger partial charge is 0.497 e. The number of nitrogens with zero attached hydrogens (tertiary/aromatic N) is 3. The summed E-state index contributed by atoms with van der Waals surface area (Å²) in [6.07, 6.45) is 2.74. The molecule has 0 aliphatic carbocycles. The summed E-state index contributed by atoms with van der Waals surface area (Å²) in [6.45, 7) is 5.42. The highest BCUT2D eigenvalue weighted by Crippen LogP contribution is 2.41. The Kier molecular flexibility index (Phi) is 10.8. The molecule has 2 fully saturated rings. The van der Waals surface area contributed by atoms with Gasteiger partial charge in [0.1, 0.15) is 29.4 Å². The van der Waals surface area contributed by atoms with E-state index in [9.17, 15) is 18.3 Å². The summed E-state index contributed by atoms with van der Waals surface area (Å²) in [6, 6.07) is 6.92. The maximum atomic E-state index is 16.4. The van der Waals surface area contributed by atoms with E-state index in [1.165, 1.54) is 0 Å². The number of rotatable bonds is 12. The van der Waals surface area contributed by atoms with Crippen LogP contribution >= 0.6 is 11.8 Å². The lowest BCUT2D eigenvalue weighted by atomic mass is 9.74. The van der Waals surface area contributed by atoms with Crippen LogP contribution in [0, 0.1) is 22.9 Å². The van der Waals surface area contributed by atoms with Crippen LogP contribution in [0.25, 0.3) is 10.9 Å². The van der Waals surface area contributed by atoms with E-state index in [1.807, 2.05) is 18.2 Å². The molecule has 2 aromatic carbocycles. The van der Waals surface area contributed by atoms with Crippen molar-refractivity contribution in [3.8, 4) is 5.75 Å². The van der Waals surface area contributed by atoms with Crippen molar-refractivity contribution < 1.29 is 32.1 Å². The average molecular weight is 622 g/mol. The van der Waals surface area contributed by atoms with Crippen LogP contribution in [0.1, 0.15) is 43.0 Å². The standard InChI is InChI=1S/C32H39F4N3O3S/c1-41-24-2-3-29-25(18-24)30(22(19-37-29)20-39-10-13-42-14-11-39)26(34)4-5-32(21-40)6-8-38(9-7-32)12-15-43-31-27(35)16-23(33)17-28(31)36/h2-3,16-19,26,40H,4-15,20-21H2,1H3. The van der Waals surface area contributed by atoms with Crippen molar-refractivity contribution in [1.29, 1.82) is 0 Å². The first-order valence-corrected chi connectivity index (χ1v) is 15.8. The fourth-order valence-corrected chi connectivity index (χ4v) is 7.06. The van der Waals surface area contributed by atoms with E-state index in [4.69, 9.17) is 9.47 Å². The number of pyridine rings is 1. The first-order chi connectivity index (χ1) is 20.8. The molecule has 2 aliphatic rings. The topological polar surface area (TPSA) is 58.1 Å². The number of hydrogen-bond donors (Lipinski definition) is 1. The molecule has 11 heteroatoms. The summed E-state index contributed by atoms with van der Waals surface area (Å²) in [5.41, 5.74) is 1.81. The molecule has 0 radical (unpaired) electrons. The normalized spacial score (nSPS) is 18.7. The Balaban J connectivity index is 1.22. The number of aromatic nitrogens is 1. The Morgan fingerprint density at radius 3 is 2.44 bits per heavy atom. The van der Waals surface area contributed by atoms with Crippen LogP contribution in [0.5, 0.6) is 5.75 Å². The maximum Gasteiger partial charge on any atom is 0.142 e. The van der Waals surface area contributed by atoms with Gasteiger partial charge in [0.2, 0.25) is 0 Å². The number of alkyl halides is 1. The molecule has 234 valence electrons. The Hall–Kier alpha value is -2.44. The van der Waals surface area contributed by atoms with Crippen molar-refractivity contribution >= 4 is 22.7 Å². The summed E-state index contributed by atoms with van der Waals surface area (Å²) in [4.78, 5) is 8.90. The van der Waals surface area contributed by atoms with Gasteiger partial charge in [0.25, 0.3) is 0 Å². The van der Waals surface area contributed by atoms with Gasteiger partial charge in [-0.2, -0.15) is 0 Å². The number of aliphatic hydroxyl groups is 1. The molecule has 2 aliphatic heterocycles. The summed E-state index contributed by atoms with van der Waals surface area (Å²) < 4.78 is 68.5. The third-order valence-electron chi connectivity index (χ3n) is 8.81. The van der Waals surface area contributed by atoms with Gasteiger partial charge in [0.15, 0.2) is 0 Å². The lowest BCUT2D eigenvalue weighted by Crippen LogP contribution is -2.43. The highest BCUT2D eigenvalue weighted by Gasteiger charge is 2.35. The zero-order chi connectivity index (χ0) is 30.4. The van der Waals surface area contributed by atoms with Gasteiger partial charge < -0.3 is 19.5 Å². The second-order valence-corrected chi connectivity index (χ2v) is 12.6. The van der Waals surface area contributed by atoms with Crippen molar-refractivity contribution in [3.63, 3.8) is 0 Å². The smallest absolute Gasteiger partial charge is 0.142 e. The van der Waals surface area contributed by atoms with Crippen molar-refractivity contribution in [2.24, 2.45) is 5.41 Å². The molecule has 1 atom stereocenters. The van der Waals surface area contributed by atoms with Crippen molar-refractivity contribution in [1.82, 2.24) is 14.8 Å². The first-order valence-electron chi connectivity index (χ1n) is 14.8. The summed E-state index contributed by atoms with van der Waals surface area (Å²) >= 11 is 1.03. The number of likely N-dealkylation sites (tertiary alicyclic amines) is 1. The van der Waals surface area contributed by atoms with Crippen LogP contribution in [0.4, 0.5) is 17.6 Å². The molecular weight excluding hydrogens is 582 g/mol. The molecule has 3 aromatic rings. The molecule has 3 heterocycles. The van der Waals surface area contributed by atoms with Gasteiger partial charge in [0.05, 0.1) is 30.7 Å². The van der Waals surface area contributed by atoms with Gasteiger partial charge in [0, 0.05) is 67.8 Å². The van der Waals surface area contributed by atoms with Crippen LogP contribution < -0.4 is 4.74 Å². The molecule has 0 saturated carbocycles. The van der Waals surface area contributed by atoms with Gasteiger partial charge >= 0.3 is 0 Å². The molecule has 1 N–H and O–H groups in total. The Morgan fingerprint density at radius 1 is 1.05 bits per heavy atom. The minimum atomic E-state index is -1.24. The molecule has 2 saturated heterocycles. The fourth-order valence-electron chi connectivity index (χ4n) is 6.12. The monoisotopic (exact) mass is 621 g/mol. The third-order valence-corrected chi connectivity index (χ3v) is 9.87. The molecule has 0 amide bonds. The molecule has 43 heavy (non-hydrogen) atoms. The number of thioether (sulfide) groups is 1. The van der Waals surface area contributed by atoms with Crippen molar-refractivity contribution in [3.05, 3.63) is 65.1 Å². The lowest BCUT2D eigenvalue weighted by Gasteiger charge is -2.41. The van der Waals surface area contributed by atoms with Crippen LogP contribution in [0.3, 0.4) is 0 Å². The van der Waals surface area contributed by atoms with Gasteiger partial charge in [-0.15, -0.1) is 11.8 Å². The fraction of sp³-hybridized carbons (Fsp3) is 0.531. The minimum Gasteiger partial charge on any atom is -0.497 e. The Morgan fingerprint density at radius 2 is 1.77 bits per heavy atom. The number of methoxy groups -OCH3 is 1. The number of halogens is 4. The number of morpholine rings is 1. The van der Waals surface area contributed by atoms with Gasteiger partial charge in [-0.25, -0.2) is 17.6 Å². The van der Waals surface area contributed by atoms with Crippen LogP contribution in [-0.2, 0) is 11.3 Å². The molecule has 0 bridgehead atoms. The summed E-state index contributed by atoms with van der Waals surface area (Å²) in [7, 11) is 1.59. The zero-order valence-corrected chi connectivity index (χ0v) is 25.3. The molecule has 6 nitrogen and oxygen atoms in total. The SMILES string of the molecule is COc1ccc2ncc(CN3CCOCC3)c(C(F)CCC3(CO)CCN(CCSc4c(F)cc(F)cc4F)CC3)c2c1. The van der Waals surface area contributed by atoms with E-state index in [0.717, 1.165) is 35.8 Å². The van der Waals surface area contributed by atoms with Gasteiger partial charge in [-0.1, -0.05) is 0 Å². The quantitative estimate of drug-likeness (QED) is 0.192. The lowest BCUT2D eigenvalue weighted by molar-refractivity contribution is 0.0311. The predicted molar refractivity (Wildman–Crippen MR) is 160 cm³/mol. The molecular formula is C32H39F4N3O3S. The van der Waals surface area contributed by atoms with Gasteiger partial charge in [-0.3, -0.25) is 9.88 Å². The maximum absolute atomic E-state index is 16.4. The van der Waals surface area contributed by atoms with Crippen LogP contribution in [0.15, 0.2) is 41.4 Å². The molecule has 1 unspecified atom stereocenters. The summed E-state index contributed by atoms with van der Waals surface area (Å²) in [5.74, 6) is -1.63. The average Bonchev–Trinajstić information content (AvgIpc) is 3.02. The number of piperidine rings is 1. The second kappa shape index (κ2) is 14.6. The Labute approximate surface area is 254 Å². The number of ether oxygens (including phenoxy) is 2. The molecule has 1 aromatic heterocycles. The van der Waals surface area contributed by atoms with E-state index in [0.29, 0.717) is 93.4 Å². The number of benzene rings is 2. The highest BCUT2D eigenvalue weighted by molar-refractivity contribution is 7.99.